The molecule has 1 aliphatic heterocycles. The van der Waals surface area contributed by atoms with Gasteiger partial charge in [0, 0.05) is 24.0 Å². The van der Waals surface area contributed by atoms with Gasteiger partial charge < -0.3 is 10.2 Å². The number of rotatable bonds is 4. The predicted octanol–water partition coefficient (Wildman–Crippen LogP) is 3.64. The minimum absolute atomic E-state index is 0.0166. The fraction of sp³-hybridized carbons (Fsp3) is 0.588. The number of likely N-dealkylation sites (tertiary alicyclic amines) is 1. The number of carbonyl (C=O) groups excluding carboxylic acids is 1. The number of amides is 1. The zero-order valence-corrected chi connectivity index (χ0v) is 13.7. The Labute approximate surface area is 132 Å². The predicted molar refractivity (Wildman–Crippen MR) is 87.5 cm³/mol. The number of nitrogens with one attached hydrogen (secondary N) is 1. The second kappa shape index (κ2) is 7.81. The van der Waals surface area contributed by atoms with Gasteiger partial charge in [-0.05, 0) is 37.6 Å². The highest BCUT2D eigenvalue weighted by atomic mass is 35.5. The van der Waals surface area contributed by atoms with Crippen molar-refractivity contribution in [1.82, 2.24) is 10.2 Å². The normalized spacial score (nSPS) is 20.9. The van der Waals surface area contributed by atoms with E-state index in [1.54, 1.807) is 0 Å². The highest BCUT2D eigenvalue weighted by molar-refractivity contribution is 6.30. The molecule has 2 atom stereocenters. The molecular formula is C17H25ClN2O. The van der Waals surface area contributed by atoms with Gasteiger partial charge >= 0.3 is 0 Å². The average molecular weight is 309 g/mol. The fourth-order valence-electron chi connectivity index (χ4n) is 3.08. The summed E-state index contributed by atoms with van der Waals surface area (Å²) in [4.78, 5) is 14.8. The van der Waals surface area contributed by atoms with Gasteiger partial charge in [-0.15, -0.1) is 0 Å². The highest BCUT2D eigenvalue weighted by Gasteiger charge is 2.29. The van der Waals surface area contributed by atoms with E-state index in [2.05, 4.69) is 22.3 Å². The van der Waals surface area contributed by atoms with Crippen LogP contribution in [0.15, 0.2) is 24.3 Å². The summed E-state index contributed by atoms with van der Waals surface area (Å²) < 4.78 is 0. The molecule has 0 saturated carbocycles. The molecule has 1 heterocycles. The first-order valence-corrected chi connectivity index (χ1v) is 8.22. The molecule has 1 fully saturated rings. The summed E-state index contributed by atoms with van der Waals surface area (Å²) in [5.41, 5.74) is 1.20. The SMILES string of the molecule is CNCC(C)C(=O)N1CCCCCC1c1ccc(Cl)cc1. The van der Waals surface area contributed by atoms with Crippen LogP contribution in [0.4, 0.5) is 0 Å². The summed E-state index contributed by atoms with van der Waals surface area (Å²) in [6.07, 6.45) is 4.52. The fourth-order valence-corrected chi connectivity index (χ4v) is 3.21. The molecule has 3 nitrogen and oxygen atoms in total. The zero-order chi connectivity index (χ0) is 15.2. The molecule has 116 valence electrons. The summed E-state index contributed by atoms with van der Waals surface area (Å²) in [6, 6.07) is 8.14. The van der Waals surface area contributed by atoms with Crippen LogP contribution in [0.5, 0.6) is 0 Å². The molecule has 1 aromatic carbocycles. The maximum absolute atomic E-state index is 12.8. The Morgan fingerprint density at radius 1 is 1.33 bits per heavy atom. The number of benzene rings is 1. The molecule has 1 N–H and O–H groups in total. The molecule has 4 heteroatoms. The summed E-state index contributed by atoms with van der Waals surface area (Å²) in [6.45, 7) is 3.59. The summed E-state index contributed by atoms with van der Waals surface area (Å²) in [5.74, 6) is 0.272. The van der Waals surface area contributed by atoms with Crippen molar-refractivity contribution in [3.05, 3.63) is 34.9 Å². The summed E-state index contributed by atoms with van der Waals surface area (Å²) in [5, 5.41) is 3.84. The van der Waals surface area contributed by atoms with Crippen LogP contribution in [0.1, 0.15) is 44.2 Å². The van der Waals surface area contributed by atoms with Gasteiger partial charge in [0.05, 0.1) is 6.04 Å². The van der Waals surface area contributed by atoms with Gasteiger partial charge in [0.1, 0.15) is 0 Å². The third-order valence-electron chi connectivity index (χ3n) is 4.22. The number of carbonyl (C=O) groups is 1. The van der Waals surface area contributed by atoms with Crippen LogP contribution in [-0.4, -0.2) is 30.9 Å². The summed E-state index contributed by atoms with van der Waals surface area (Å²) >= 11 is 5.98. The second-order valence-electron chi connectivity index (χ2n) is 5.91. The van der Waals surface area contributed by atoms with Crippen LogP contribution >= 0.6 is 11.6 Å². The van der Waals surface area contributed by atoms with Crippen molar-refractivity contribution in [1.29, 1.82) is 0 Å². The van der Waals surface area contributed by atoms with Crippen LogP contribution in [0.2, 0.25) is 5.02 Å². The van der Waals surface area contributed by atoms with E-state index in [0.717, 1.165) is 31.0 Å². The lowest BCUT2D eigenvalue weighted by atomic mass is 9.99. The van der Waals surface area contributed by atoms with Gasteiger partial charge in [0.15, 0.2) is 0 Å². The van der Waals surface area contributed by atoms with E-state index in [1.807, 2.05) is 26.1 Å². The van der Waals surface area contributed by atoms with Crippen LogP contribution in [0.25, 0.3) is 0 Å². The van der Waals surface area contributed by atoms with Crippen molar-refractivity contribution in [2.45, 2.75) is 38.6 Å². The lowest BCUT2D eigenvalue weighted by Gasteiger charge is -2.32. The maximum atomic E-state index is 12.8. The minimum Gasteiger partial charge on any atom is -0.335 e. The molecule has 21 heavy (non-hydrogen) atoms. The maximum Gasteiger partial charge on any atom is 0.227 e. The van der Waals surface area contributed by atoms with E-state index >= 15 is 0 Å². The van der Waals surface area contributed by atoms with Gasteiger partial charge in [-0.2, -0.15) is 0 Å². The van der Waals surface area contributed by atoms with Gasteiger partial charge in [0.2, 0.25) is 5.91 Å². The standard InChI is InChI=1S/C17H25ClN2O/c1-13(12-19-2)17(21)20-11-5-3-4-6-16(20)14-7-9-15(18)10-8-14/h7-10,13,16,19H,3-6,11-12H2,1-2H3. The van der Waals surface area contributed by atoms with Crippen molar-refractivity contribution in [3.8, 4) is 0 Å². The minimum atomic E-state index is 0.0166. The first-order chi connectivity index (χ1) is 10.1. The van der Waals surface area contributed by atoms with Gasteiger partial charge in [-0.1, -0.05) is 43.5 Å². The van der Waals surface area contributed by atoms with Crippen LogP contribution in [0, 0.1) is 5.92 Å². The Hall–Kier alpha value is -1.06. The Morgan fingerprint density at radius 3 is 2.71 bits per heavy atom. The van der Waals surface area contributed by atoms with E-state index in [-0.39, 0.29) is 17.9 Å². The number of hydrogen-bond donors (Lipinski definition) is 1. The Balaban J connectivity index is 2.21. The number of hydrogen-bond acceptors (Lipinski definition) is 2. The van der Waals surface area contributed by atoms with E-state index in [4.69, 9.17) is 11.6 Å². The Morgan fingerprint density at radius 2 is 2.05 bits per heavy atom. The van der Waals surface area contributed by atoms with E-state index in [9.17, 15) is 4.79 Å². The van der Waals surface area contributed by atoms with Crippen LogP contribution in [-0.2, 0) is 4.79 Å². The third-order valence-corrected chi connectivity index (χ3v) is 4.47. The molecule has 0 aromatic heterocycles. The van der Waals surface area contributed by atoms with Crippen molar-refractivity contribution < 1.29 is 4.79 Å². The average Bonchev–Trinajstić information content (AvgIpc) is 2.73. The lowest BCUT2D eigenvalue weighted by molar-refractivity contribution is -0.137. The first-order valence-electron chi connectivity index (χ1n) is 7.84. The Bertz CT molecular complexity index is 460. The topological polar surface area (TPSA) is 32.3 Å². The monoisotopic (exact) mass is 308 g/mol. The van der Waals surface area contributed by atoms with E-state index < -0.39 is 0 Å². The summed E-state index contributed by atoms with van der Waals surface area (Å²) in [7, 11) is 1.89. The second-order valence-corrected chi connectivity index (χ2v) is 6.34. The largest absolute Gasteiger partial charge is 0.335 e. The van der Waals surface area contributed by atoms with Crippen molar-refractivity contribution in [3.63, 3.8) is 0 Å². The number of halogens is 1. The van der Waals surface area contributed by atoms with Gasteiger partial charge in [-0.3, -0.25) is 4.79 Å². The first kappa shape index (κ1) is 16.3. The quantitative estimate of drug-likeness (QED) is 0.921. The Kier molecular flexibility index (Phi) is 6.07. The molecule has 1 aromatic rings. The number of nitrogens with zero attached hydrogens (tertiary/aromatic N) is 1. The van der Waals surface area contributed by atoms with Crippen molar-refractivity contribution in [2.24, 2.45) is 5.92 Å². The molecule has 0 aliphatic carbocycles. The van der Waals surface area contributed by atoms with Crippen LogP contribution < -0.4 is 5.32 Å². The lowest BCUT2D eigenvalue weighted by Crippen LogP contribution is -2.40. The zero-order valence-electron chi connectivity index (χ0n) is 12.9. The molecule has 0 spiro atoms. The van der Waals surface area contributed by atoms with Gasteiger partial charge in [-0.25, -0.2) is 0 Å². The highest BCUT2D eigenvalue weighted by Crippen LogP contribution is 2.31. The van der Waals surface area contributed by atoms with Crippen molar-refractivity contribution >= 4 is 17.5 Å². The molecule has 1 saturated heterocycles. The van der Waals surface area contributed by atoms with Crippen molar-refractivity contribution in [2.75, 3.05) is 20.1 Å². The van der Waals surface area contributed by atoms with E-state index in [0.29, 0.717) is 0 Å². The van der Waals surface area contributed by atoms with E-state index in [1.165, 1.54) is 18.4 Å². The molecule has 2 unspecified atom stereocenters. The van der Waals surface area contributed by atoms with Gasteiger partial charge in [0.25, 0.3) is 0 Å². The molecule has 0 radical (unpaired) electrons. The molecule has 2 rings (SSSR count). The molecule has 1 aliphatic rings. The molecular weight excluding hydrogens is 284 g/mol. The smallest absolute Gasteiger partial charge is 0.227 e. The van der Waals surface area contributed by atoms with Crippen LogP contribution in [0.3, 0.4) is 0 Å². The molecule has 1 amide bonds. The molecule has 0 bridgehead atoms. The third kappa shape index (κ3) is 4.21.